The van der Waals surface area contributed by atoms with Crippen molar-refractivity contribution in [3.8, 4) is 0 Å². The van der Waals surface area contributed by atoms with Gasteiger partial charge in [0.05, 0.1) is 6.61 Å². The van der Waals surface area contributed by atoms with E-state index in [1.807, 2.05) is 0 Å². The van der Waals surface area contributed by atoms with Crippen molar-refractivity contribution in [3.63, 3.8) is 0 Å². The monoisotopic (exact) mass is 893 g/mol. The third-order valence-corrected chi connectivity index (χ3v) is 12.7. The Morgan fingerprint density at radius 2 is 0.836 bits per heavy atom. The molecule has 1 aliphatic rings. The summed E-state index contributed by atoms with van der Waals surface area (Å²) in [6.07, 6.45) is 31.5. The van der Waals surface area contributed by atoms with Crippen molar-refractivity contribution < 1.29 is 56.8 Å². The molecular formula is C48H92O12S. The summed E-state index contributed by atoms with van der Waals surface area (Å²) in [6.45, 7) is 3.79. The van der Waals surface area contributed by atoms with Gasteiger partial charge in [0.15, 0.2) is 12.4 Å². The van der Waals surface area contributed by atoms with Crippen LogP contribution in [0.3, 0.4) is 0 Å². The Labute approximate surface area is 372 Å². The maximum atomic E-state index is 12.8. The van der Waals surface area contributed by atoms with E-state index in [2.05, 4.69) is 13.8 Å². The number of esters is 2. The number of hydrogen-bond acceptors (Lipinski definition) is 11. The van der Waals surface area contributed by atoms with E-state index in [1.54, 1.807) is 0 Å². The molecule has 12 nitrogen and oxygen atoms in total. The Kier molecular flexibility index (Phi) is 36.9. The predicted octanol–water partition coefficient (Wildman–Crippen LogP) is 10.8. The van der Waals surface area contributed by atoms with Crippen LogP contribution >= 0.6 is 0 Å². The molecule has 61 heavy (non-hydrogen) atoms. The molecule has 4 N–H and O–H groups in total. The molecule has 13 heteroatoms. The summed E-state index contributed by atoms with van der Waals surface area (Å²) in [7, 11) is -4.60. The molecular weight excluding hydrogens is 801 g/mol. The smallest absolute Gasteiger partial charge is 0.306 e. The molecule has 6 atom stereocenters. The normalized spacial score (nSPS) is 19.9. The third-order valence-electron chi connectivity index (χ3n) is 11.9. The number of rotatable bonds is 43. The van der Waals surface area contributed by atoms with Crippen LogP contribution in [0.1, 0.15) is 239 Å². The zero-order valence-electron chi connectivity index (χ0n) is 38.8. The topological polar surface area (TPSA) is 186 Å². The molecule has 0 aromatic heterocycles. The Bertz CT molecular complexity index is 1140. The van der Waals surface area contributed by atoms with Gasteiger partial charge in [-0.05, 0) is 12.8 Å². The van der Waals surface area contributed by atoms with E-state index in [0.717, 1.165) is 38.5 Å². The lowest BCUT2D eigenvalue weighted by molar-refractivity contribution is -0.297. The molecule has 0 radical (unpaired) electrons. The summed E-state index contributed by atoms with van der Waals surface area (Å²) in [5, 5.41) is 30.9. The molecule has 1 aliphatic heterocycles. The van der Waals surface area contributed by atoms with E-state index in [0.29, 0.717) is 12.8 Å². The first-order chi connectivity index (χ1) is 29.5. The first kappa shape index (κ1) is 57.7. The van der Waals surface area contributed by atoms with Crippen molar-refractivity contribution in [1.29, 1.82) is 0 Å². The molecule has 0 aromatic carbocycles. The highest BCUT2D eigenvalue weighted by Gasteiger charge is 2.46. The molecule has 0 aliphatic carbocycles. The summed E-state index contributed by atoms with van der Waals surface area (Å²) in [5.41, 5.74) is 0. The minimum Gasteiger partial charge on any atom is -0.462 e. The van der Waals surface area contributed by atoms with Gasteiger partial charge >= 0.3 is 11.9 Å². The van der Waals surface area contributed by atoms with Gasteiger partial charge in [0.25, 0.3) is 10.1 Å². The van der Waals surface area contributed by atoms with Gasteiger partial charge < -0.3 is 34.3 Å². The summed E-state index contributed by atoms with van der Waals surface area (Å²) in [6, 6.07) is 0. The maximum absolute atomic E-state index is 12.8. The van der Waals surface area contributed by atoms with Gasteiger partial charge in [-0.15, -0.1) is 0 Å². The first-order valence-corrected chi connectivity index (χ1v) is 26.7. The number of ether oxygens (including phenoxy) is 4. The molecule has 1 fully saturated rings. The number of carbonyl (C=O) groups is 2. The second-order valence-electron chi connectivity index (χ2n) is 17.9. The summed E-state index contributed by atoms with van der Waals surface area (Å²) in [4.78, 5) is 25.4. The number of aliphatic hydroxyl groups excluding tert-OH is 3. The molecule has 6 unspecified atom stereocenters. The van der Waals surface area contributed by atoms with Crippen molar-refractivity contribution in [3.05, 3.63) is 0 Å². The van der Waals surface area contributed by atoms with Crippen LogP contribution in [-0.2, 0) is 38.7 Å². The SMILES string of the molecule is CCCCCCCCCCCCCCCCCCCCCCCC(=O)OC(COC(=O)CCCCCCCCCCCCCC)COC1OC(CS(=O)(=O)O)C(O)C(O)C1O. The highest BCUT2D eigenvalue weighted by molar-refractivity contribution is 7.85. The maximum Gasteiger partial charge on any atom is 0.306 e. The van der Waals surface area contributed by atoms with Crippen molar-refractivity contribution in [1.82, 2.24) is 0 Å². The lowest BCUT2D eigenvalue weighted by atomic mass is 10.00. The zero-order valence-corrected chi connectivity index (χ0v) is 39.6. The van der Waals surface area contributed by atoms with Gasteiger partial charge in [-0.3, -0.25) is 14.1 Å². The van der Waals surface area contributed by atoms with Crippen molar-refractivity contribution in [2.24, 2.45) is 0 Å². The first-order valence-electron chi connectivity index (χ1n) is 25.1. The zero-order chi connectivity index (χ0) is 44.8. The predicted molar refractivity (Wildman–Crippen MR) is 243 cm³/mol. The van der Waals surface area contributed by atoms with Crippen LogP contribution < -0.4 is 0 Å². The Morgan fingerprint density at radius 3 is 1.20 bits per heavy atom. The van der Waals surface area contributed by atoms with Crippen molar-refractivity contribution in [2.45, 2.75) is 275 Å². The molecule has 1 saturated heterocycles. The average molecular weight is 893 g/mol. The van der Waals surface area contributed by atoms with E-state index in [1.165, 1.54) is 161 Å². The van der Waals surface area contributed by atoms with E-state index in [9.17, 15) is 37.9 Å². The lowest BCUT2D eigenvalue weighted by Crippen LogP contribution is -2.60. The second kappa shape index (κ2) is 39.1. The lowest BCUT2D eigenvalue weighted by Gasteiger charge is -2.40. The van der Waals surface area contributed by atoms with Gasteiger partial charge in [-0.25, -0.2) is 0 Å². The second-order valence-corrected chi connectivity index (χ2v) is 19.3. The van der Waals surface area contributed by atoms with E-state index >= 15 is 0 Å². The summed E-state index contributed by atoms with van der Waals surface area (Å²) >= 11 is 0. The summed E-state index contributed by atoms with van der Waals surface area (Å²) < 4.78 is 54.2. The number of unbranched alkanes of at least 4 members (excludes halogenated alkanes) is 31. The van der Waals surface area contributed by atoms with Gasteiger partial charge in [-0.2, -0.15) is 8.42 Å². The molecule has 0 amide bonds. The molecule has 362 valence electrons. The van der Waals surface area contributed by atoms with Crippen LogP contribution in [-0.4, -0.2) is 96.0 Å². The van der Waals surface area contributed by atoms with Gasteiger partial charge in [-0.1, -0.05) is 213 Å². The largest absolute Gasteiger partial charge is 0.462 e. The summed E-state index contributed by atoms with van der Waals surface area (Å²) in [5.74, 6) is -1.96. The van der Waals surface area contributed by atoms with Crippen LogP contribution in [0.5, 0.6) is 0 Å². The number of hydrogen-bond donors (Lipinski definition) is 4. The van der Waals surface area contributed by atoms with Gasteiger partial charge in [0, 0.05) is 12.8 Å². The molecule has 0 aromatic rings. The minimum absolute atomic E-state index is 0.173. The standard InChI is InChI=1S/C48H92O12S/c1-3-5-7-9-11-13-15-17-18-19-20-21-22-23-24-25-27-29-31-33-35-37-44(50)59-41(39-58-48-47(53)46(52)45(51)42(60-48)40-61(54,55)56)38-57-43(49)36-34-32-30-28-26-16-14-12-10-8-6-4-2/h41-42,45-48,51-53H,3-40H2,1-2H3,(H,54,55,56). The quantitative estimate of drug-likeness (QED) is 0.0258. The van der Waals surface area contributed by atoms with Gasteiger partial charge in [0.1, 0.15) is 36.8 Å². The van der Waals surface area contributed by atoms with Crippen LogP contribution in [0.2, 0.25) is 0 Å². The van der Waals surface area contributed by atoms with Crippen molar-refractivity contribution >= 4 is 22.1 Å². The molecule has 0 bridgehead atoms. The van der Waals surface area contributed by atoms with E-state index < -0.39 is 71.2 Å². The minimum atomic E-state index is -4.60. The molecule has 0 saturated carbocycles. The van der Waals surface area contributed by atoms with Crippen molar-refractivity contribution in [2.75, 3.05) is 19.0 Å². The fraction of sp³-hybridized carbons (Fsp3) is 0.958. The van der Waals surface area contributed by atoms with Crippen LogP contribution in [0.4, 0.5) is 0 Å². The van der Waals surface area contributed by atoms with E-state index in [-0.39, 0.29) is 19.4 Å². The van der Waals surface area contributed by atoms with Crippen LogP contribution in [0.15, 0.2) is 0 Å². The van der Waals surface area contributed by atoms with Crippen LogP contribution in [0.25, 0.3) is 0 Å². The molecule has 1 rings (SSSR count). The highest BCUT2D eigenvalue weighted by atomic mass is 32.2. The third kappa shape index (κ3) is 33.8. The Morgan fingerprint density at radius 1 is 0.492 bits per heavy atom. The number of carbonyl (C=O) groups excluding carboxylic acids is 2. The molecule has 0 spiro atoms. The fourth-order valence-corrected chi connectivity index (χ4v) is 8.72. The molecule has 1 heterocycles. The Balaban J connectivity index is 2.34. The highest BCUT2D eigenvalue weighted by Crippen LogP contribution is 2.24. The fourth-order valence-electron chi connectivity index (χ4n) is 8.03. The Hall–Kier alpha value is -1.35. The van der Waals surface area contributed by atoms with Gasteiger partial charge in [0.2, 0.25) is 0 Å². The number of aliphatic hydroxyl groups is 3. The van der Waals surface area contributed by atoms with E-state index in [4.69, 9.17) is 18.9 Å². The average Bonchev–Trinajstić information content (AvgIpc) is 3.22. The van der Waals surface area contributed by atoms with Crippen LogP contribution in [0, 0.1) is 0 Å².